The molecule has 3 rings (SSSR count). The Hall–Kier alpha value is -2.22. The number of rotatable bonds is 4. The van der Waals surface area contributed by atoms with Gasteiger partial charge in [0.15, 0.2) is 6.61 Å². The minimum absolute atomic E-state index is 0.292. The molecule has 0 unspecified atom stereocenters. The largest absolute Gasteiger partial charge is 0.484 e. The van der Waals surface area contributed by atoms with Gasteiger partial charge in [-0.3, -0.25) is 4.98 Å². The van der Waals surface area contributed by atoms with Gasteiger partial charge in [0, 0.05) is 32.2 Å². The monoisotopic (exact) mass is 275 g/mol. The number of aryl methyl sites for hydroxylation is 1. The molecule has 8 heteroatoms. The van der Waals surface area contributed by atoms with Crippen molar-refractivity contribution in [3.8, 4) is 5.75 Å². The molecule has 3 heterocycles. The average molecular weight is 275 g/mol. The molecule has 0 saturated carbocycles. The number of tetrazole rings is 1. The Morgan fingerprint density at radius 2 is 2.15 bits per heavy atom. The van der Waals surface area contributed by atoms with Crippen molar-refractivity contribution in [3.63, 3.8) is 0 Å². The summed E-state index contributed by atoms with van der Waals surface area (Å²) in [7, 11) is 1.73. The molecule has 0 amide bonds. The van der Waals surface area contributed by atoms with Crippen LogP contribution in [0.15, 0.2) is 18.5 Å². The third-order valence-corrected chi connectivity index (χ3v) is 3.10. The number of aromatic nitrogens is 5. The zero-order chi connectivity index (χ0) is 13.8. The number of piperazine rings is 1. The Kier molecular flexibility index (Phi) is 3.73. The van der Waals surface area contributed by atoms with Crippen LogP contribution in [0.3, 0.4) is 0 Å². The van der Waals surface area contributed by atoms with E-state index in [4.69, 9.17) is 4.74 Å². The summed E-state index contributed by atoms with van der Waals surface area (Å²) in [5.41, 5.74) is 1.08. The minimum atomic E-state index is 0.292. The molecule has 1 fully saturated rings. The second-order valence-electron chi connectivity index (χ2n) is 4.60. The van der Waals surface area contributed by atoms with E-state index in [1.165, 1.54) is 4.80 Å². The molecule has 0 aliphatic carbocycles. The van der Waals surface area contributed by atoms with Crippen molar-refractivity contribution in [1.29, 1.82) is 0 Å². The summed E-state index contributed by atoms with van der Waals surface area (Å²) >= 11 is 0. The molecular weight excluding hydrogens is 258 g/mol. The van der Waals surface area contributed by atoms with E-state index in [0.29, 0.717) is 18.2 Å². The van der Waals surface area contributed by atoms with Crippen LogP contribution in [0.5, 0.6) is 5.75 Å². The highest BCUT2D eigenvalue weighted by atomic mass is 16.5. The number of nitrogens with one attached hydrogen (secondary N) is 1. The second kappa shape index (κ2) is 5.83. The van der Waals surface area contributed by atoms with Crippen LogP contribution in [0.1, 0.15) is 5.82 Å². The molecular formula is C12H17N7O. The zero-order valence-electron chi connectivity index (χ0n) is 11.4. The maximum absolute atomic E-state index is 5.65. The fraction of sp³-hybridized carbons (Fsp3) is 0.500. The summed E-state index contributed by atoms with van der Waals surface area (Å²) in [6.45, 7) is 4.25. The van der Waals surface area contributed by atoms with Gasteiger partial charge >= 0.3 is 0 Å². The van der Waals surface area contributed by atoms with Crippen LogP contribution in [0, 0.1) is 0 Å². The van der Waals surface area contributed by atoms with Gasteiger partial charge in [-0.1, -0.05) is 0 Å². The lowest BCUT2D eigenvalue weighted by molar-refractivity contribution is 0.294. The van der Waals surface area contributed by atoms with Crippen molar-refractivity contribution in [3.05, 3.63) is 24.3 Å². The van der Waals surface area contributed by atoms with Crippen LogP contribution >= 0.6 is 0 Å². The van der Waals surface area contributed by atoms with Gasteiger partial charge in [0.2, 0.25) is 5.82 Å². The van der Waals surface area contributed by atoms with E-state index in [0.717, 1.165) is 31.9 Å². The van der Waals surface area contributed by atoms with E-state index in [1.54, 1.807) is 13.2 Å². The van der Waals surface area contributed by atoms with E-state index in [1.807, 2.05) is 12.3 Å². The van der Waals surface area contributed by atoms with Gasteiger partial charge in [-0.05, 0) is 5.21 Å². The molecule has 1 aliphatic rings. The maximum Gasteiger partial charge on any atom is 0.212 e. The van der Waals surface area contributed by atoms with Crippen molar-refractivity contribution in [2.45, 2.75) is 6.61 Å². The van der Waals surface area contributed by atoms with Gasteiger partial charge in [-0.2, -0.15) is 4.80 Å². The van der Waals surface area contributed by atoms with Crippen LogP contribution < -0.4 is 15.0 Å². The van der Waals surface area contributed by atoms with Crippen LogP contribution in [0.2, 0.25) is 0 Å². The van der Waals surface area contributed by atoms with Gasteiger partial charge in [0.25, 0.3) is 0 Å². The van der Waals surface area contributed by atoms with E-state index < -0.39 is 0 Å². The summed E-state index contributed by atoms with van der Waals surface area (Å²) < 4.78 is 5.65. The normalized spacial score (nSPS) is 15.3. The summed E-state index contributed by atoms with van der Waals surface area (Å²) in [5, 5.41) is 15.0. The number of anilines is 1. The van der Waals surface area contributed by atoms with Crippen molar-refractivity contribution < 1.29 is 4.74 Å². The number of nitrogens with zero attached hydrogens (tertiary/aromatic N) is 6. The quantitative estimate of drug-likeness (QED) is 0.812. The van der Waals surface area contributed by atoms with Crippen molar-refractivity contribution in [1.82, 2.24) is 30.5 Å². The van der Waals surface area contributed by atoms with Crippen molar-refractivity contribution in [2.24, 2.45) is 7.05 Å². The second-order valence-corrected chi connectivity index (χ2v) is 4.60. The summed E-state index contributed by atoms with van der Waals surface area (Å²) in [6, 6.07) is 1.99. The third kappa shape index (κ3) is 3.02. The highest BCUT2D eigenvalue weighted by molar-refractivity contribution is 5.48. The Morgan fingerprint density at radius 1 is 1.30 bits per heavy atom. The zero-order valence-corrected chi connectivity index (χ0v) is 11.4. The third-order valence-electron chi connectivity index (χ3n) is 3.10. The SMILES string of the molecule is Cn1nnc(COc2cncc(N3CCNCC3)c2)n1. The molecule has 1 N–H and O–H groups in total. The number of ether oxygens (including phenoxy) is 1. The predicted octanol–water partition coefficient (Wildman–Crippen LogP) is -0.406. The molecule has 0 aromatic carbocycles. The molecule has 1 saturated heterocycles. The number of pyridine rings is 1. The predicted molar refractivity (Wildman–Crippen MR) is 72.4 cm³/mol. The Balaban J connectivity index is 1.64. The van der Waals surface area contributed by atoms with Crippen molar-refractivity contribution in [2.75, 3.05) is 31.1 Å². The first-order chi connectivity index (χ1) is 9.81. The Bertz CT molecular complexity index is 564. The van der Waals surface area contributed by atoms with E-state index in [2.05, 4.69) is 30.6 Å². The van der Waals surface area contributed by atoms with Gasteiger partial charge < -0.3 is 15.0 Å². The topological polar surface area (TPSA) is 81.0 Å². The highest BCUT2D eigenvalue weighted by Crippen LogP contribution is 2.20. The van der Waals surface area contributed by atoms with Gasteiger partial charge in [0.05, 0.1) is 25.1 Å². The van der Waals surface area contributed by atoms with Gasteiger partial charge in [-0.15, -0.1) is 10.2 Å². The molecule has 1 aliphatic heterocycles. The molecule has 0 radical (unpaired) electrons. The van der Waals surface area contributed by atoms with Crippen LogP contribution in [0.25, 0.3) is 0 Å². The molecule has 0 spiro atoms. The first-order valence-corrected chi connectivity index (χ1v) is 6.58. The molecule has 20 heavy (non-hydrogen) atoms. The minimum Gasteiger partial charge on any atom is -0.484 e. The number of hydrogen-bond acceptors (Lipinski definition) is 7. The first-order valence-electron chi connectivity index (χ1n) is 6.58. The molecule has 2 aromatic rings. The molecule has 8 nitrogen and oxygen atoms in total. The van der Waals surface area contributed by atoms with Crippen LogP contribution in [-0.2, 0) is 13.7 Å². The molecule has 0 atom stereocenters. The van der Waals surface area contributed by atoms with Crippen LogP contribution in [-0.4, -0.2) is 51.4 Å². The van der Waals surface area contributed by atoms with Gasteiger partial charge in [0.1, 0.15) is 5.75 Å². The summed E-state index contributed by atoms with van der Waals surface area (Å²) in [4.78, 5) is 7.93. The smallest absolute Gasteiger partial charge is 0.212 e. The number of hydrogen-bond donors (Lipinski definition) is 1. The lowest BCUT2D eigenvalue weighted by Gasteiger charge is -2.29. The van der Waals surface area contributed by atoms with Crippen molar-refractivity contribution >= 4 is 5.69 Å². The summed E-state index contributed by atoms with van der Waals surface area (Å²) in [5.74, 6) is 1.27. The lowest BCUT2D eigenvalue weighted by atomic mass is 10.3. The Labute approximate surface area is 116 Å². The fourth-order valence-electron chi connectivity index (χ4n) is 2.11. The summed E-state index contributed by atoms with van der Waals surface area (Å²) in [6.07, 6.45) is 3.56. The van der Waals surface area contributed by atoms with E-state index in [-0.39, 0.29) is 0 Å². The van der Waals surface area contributed by atoms with Gasteiger partial charge in [-0.25, -0.2) is 0 Å². The average Bonchev–Trinajstić information content (AvgIpc) is 2.92. The molecule has 0 bridgehead atoms. The first kappa shape index (κ1) is 12.8. The van der Waals surface area contributed by atoms with E-state index in [9.17, 15) is 0 Å². The standard InChI is InChI=1S/C12H17N7O/c1-18-16-12(15-17-18)9-20-11-6-10(7-14-8-11)19-4-2-13-3-5-19/h6-8,13H,2-5,9H2,1H3. The fourth-order valence-corrected chi connectivity index (χ4v) is 2.11. The molecule has 106 valence electrons. The maximum atomic E-state index is 5.65. The molecule has 2 aromatic heterocycles. The van der Waals surface area contributed by atoms with E-state index >= 15 is 0 Å². The van der Waals surface area contributed by atoms with Crippen LogP contribution in [0.4, 0.5) is 5.69 Å². The highest BCUT2D eigenvalue weighted by Gasteiger charge is 2.11. The Morgan fingerprint density at radius 3 is 2.90 bits per heavy atom. The lowest BCUT2D eigenvalue weighted by Crippen LogP contribution is -2.43.